The number of thioether (sulfide) groups is 1. The van der Waals surface area contributed by atoms with E-state index in [1.54, 1.807) is 6.92 Å². The van der Waals surface area contributed by atoms with Gasteiger partial charge >= 0.3 is 5.97 Å². The van der Waals surface area contributed by atoms with E-state index in [0.717, 1.165) is 49.6 Å². The van der Waals surface area contributed by atoms with Crippen LogP contribution in [0.2, 0.25) is 0 Å². The number of hydrogen-bond acceptors (Lipinski definition) is 5. The molecule has 2 heterocycles. The predicted molar refractivity (Wildman–Crippen MR) is 126 cm³/mol. The third-order valence-corrected chi connectivity index (χ3v) is 8.64. The zero-order valence-corrected chi connectivity index (χ0v) is 19.0. The highest BCUT2D eigenvalue weighted by molar-refractivity contribution is 8.01. The number of benzene rings is 2. The minimum Gasteiger partial charge on any atom is -0.480 e. The molecule has 31 heavy (non-hydrogen) atoms. The summed E-state index contributed by atoms with van der Waals surface area (Å²) in [5, 5.41) is 21.6. The molecule has 2 aliphatic heterocycles. The molecule has 0 amide bonds. The lowest BCUT2D eigenvalue weighted by Crippen LogP contribution is -2.55. The first-order valence-electron chi connectivity index (χ1n) is 11.2. The van der Waals surface area contributed by atoms with Crippen LogP contribution in [0.3, 0.4) is 0 Å². The second kappa shape index (κ2) is 9.23. The van der Waals surface area contributed by atoms with E-state index in [-0.39, 0.29) is 0 Å². The first-order valence-corrected chi connectivity index (χ1v) is 12.0. The summed E-state index contributed by atoms with van der Waals surface area (Å²) in [6, 6.07) is 18.4. The molecule has 0 saturated carbocycles. The Bertz CT molecular complexity index is 897. The first-order chi connectivity index (χ1) is 14.9. The van der Waals surface area contributed by atoms with Gasteiger partial charge in [-0.3, -0.25) is 9.69 Å². The van der Waals surface area contributed by atoms with E-state index < -0.39 is 16.3 Å². The topological polar surface area (TPSA) is 64.0 Å². The van der Waals surface area contributed by atoms with Gasteiger partial charge in [0.15, 0.2) is 0 Å². The second-order valence-corrected chi connectivity index (χ2v) is 10.2. The molecule has 5 nitrogen and oxygen atoms in total. The van der Waals surface area contributed by atoms with Gasteiger partial charge in [-0.15, -0.1) is 11.8 Å². The highest BCUT2D eigenvalue weighted by atomic mass is 32.2. The molecule has 1 saturated heterocycles. The number of aliphatic carboxylic acids is 1. The number of aryl methyl sites for hydroxylation is 1. The Morgan fingerprint density at radius 3 is 2.42 bits per heavy atom. The number of para-hydroxylation sites is 1. The Kier molecular flexibility index (Phi) is 6.60. The zero-order chi connectivity index (χ0) is 21.9. The molecule has 0 radical (unpaired) electrons. The van der Waals surface area contributed by atoms with Crippen LogP contribution >= 0.6 is 11.8 Å². The average molecular weight is 441 g/mol. The molecule has 0 spiro atoms. The molecule has 4 rings (SSSR count). The smallest absolute Gasteiger partial charge is 0.323 e. The molecule has 166 valence electrons. The molecular formula is C25H32N2O3S. The van der Waals surface area contributed by atoms with Crippen molar-refractivity contribution < 1.29 is 15.0 Å². The standard InChI is InChI=1S/C25H32N2O3S/c1-24(30)14-12-20-8-5-6-11-22(20)31-25(24,23(28)29)13-7-15-26-16-18-27(19-17-26)21-9-3-2-4-10-21/h2-6,8-11,30H,7,12-19H2,1H3,(H,28,29). The molecule has 6 heteroatoms. The summed E-state index contributed by atoms with van der Waals surface area (Å²) in [5.41, 5.74) is 1.12. The number of carboxylic acids is 1. The molecule has 2 N–H and O–H groups in total. The largest absolute Gasteiger partial charge is 0.480 e. The van der Waals surface area contributed by atoms with E-state index >= 15 is 0 Å². The second-order valence-electron chi connectivity index (χ2n) is 8.88. The lowest BCUT2D eigenvalue weighted by Gasteiger charge is -2.41. The lowest BCUT2D eigenvalue weighted by molar-refractivity contribution is -0.148. The van der Waals surface area contributed by atoms with Crippen molar-refractivity contribution in [2.24, 2.45) is 0 Å². The maximum Gasteiger partial charge on any atom is 0.323 e. The van der Waals surface area contributed by atoms with Gasteiger partial charge in [-0.25, -0.2) is 0 Å². The summed E-state index contributed by atoms with van der Waals surface area (Å²) in [6.45, 7) is 6.47. The zero-order valence-electron chi connectivity index (χ0n) is 18.2. The maximum atomic E-state index is 12.5. The Balaban J connectivity index is 1.39. The minimum atomic E-state index is -1.27. The molecule has 2 aromatic rings. The summed E-state index contributed by atoms with van der Waals surface area (Å²) < 4.78 is -1.23. The van der Waals surface area contributed by atoms with E-state index in [9.17, 15) is 15.0 Å². The Morgan fingerprint density at radius 1 is 1.03 bits per heavy atom. The SMILES string of the molecule is CC1(O)CCc2ccccc2SC1(CCCN1CCN(c2ccccc2)CC1)C(=O)O. The van der Waals surface area contributed by atoms with Crippen molar-refractivity contribution in [2.45, 2.75) is 47.9 Å². The van der Waals surface area contributed by atoms with Crippen molar-refractivity contribution in [2.75, 3.05) is 37.6 Å². The first kappa shape index (κ1) is 22.2. The Labute approximate surface area is 189 Å². The molecule has 1 fully saturated rings. The number of nitrogens with zero attached hydrogens (tertiary/aromatic N) is 2. The normalized spacial score (nSPS) is 26.8. The van der Waals surface area contributed by atoms with E-state index in [4.69, 9.17) is 0 Å². The predicted octanol–water partition coefficient (Wildman–Crippen LogP) is 3.90. The van der Waals surface area contributed by atoms with Crippen molar-refractivity contribution >= 4 is 23.4 Å². The molecule has 2 unspecified atom stereocenters. The van der Waals surface area contributed by atoms with Crippen LogP contribution in [0.4, 0.5) is 5.69 Å². The van der Waals surface area contributed by atoms with Crippen LogP contribution in [0, 0.1) is 0 Å². The average Bonchev–Trinajstić information content (AvgIpc) is 2.89. The highest BCUT2D eigenvalue weighted by Crippen LogP contribution is 2.50. The van der Waals surface area contributed by atoms with Crippen molar-refractivity contribution in [1.29, 1.82) is 0 Å². The Morgan fingerprint density at radius 2 is 1.71 bits per heavy atom. The molecule has 2 atom stereocenters. The molecular weight excluding hydrogens is 408 g/mol. The van der Waals surface area contributed by atoms with Gasteiger partial charge in [0, 0.05) is 36.8 Å². The van der Waals surface area contributed by atoms with Gasteiger partial charge < -0.3 is 15.1 Å². The van der Waals surface area contributed by atoms with Crippen LogP contribution in [0.25, 0.3) is 0 Å². The van der Waals surface area contributed by atoms with Crippen molar-refractivity contribution in [3.05, 3.63) is 60.2 Å². The fourth-order valence-corrected chi connectivity index (χ4v) is 6.29. The van der Waals surface area contributed by atoms with Crippen molar-refractivity contribution in [3.8, 4) is 0 Å². The molecule has 2 aromatic carbocycles. The highest BCUT2D eigenvalue weighted by Gasteiger charge is 2.55. The van der Waals surface area contributed by atoms with Crippen LogP contribution in [0.15, 0.2) is 59.5 Å². The molecule has 0 aromatic heterocycles. The van der Waals surface area contributed by atoms with Gasteiger partial charge in [0.05, 0.1) is 5.60 Å². The van der Waals surface area contributed by atoms with Crippen molar-refractivity contribution in [1.82, 2.24) is 4.90 Å². The summed E-state index contributed by atoms with van der Waals surface area (Å²) in [5.74, 6) is -0.909. The van der Waals surface area contributed by atoms with Crippen molar-refractivity contribution in [3.63, 3.8) is 0 Å². The number of carbonyl (C=O) groups is 1. The number of anilines is 1. The lowest BCUT2D eigenvalue weighted by atomic mass is 9.80. The molecule has 0 aliphatic carbocycles. The van der Waals surface area contributed by atoms with E-state index in [2.05, 4.69) is 34.1 Å². The van der Waals surface area contributed by atoms with E-state index in [0.29, 0.717) is 19.3 Å². The number of hydrogen-bond donors (Lipinski definition) is 2. The number of aliphatic hydroxyl groups is 1. The van der Waals surface area contributed by atoms with E-state index in [1.807, 2.05) is 30.3 Å². The van der Waals surface area contributed by atoms with Crippen LogP contribution < -0.4 is 4.90 Å². The van der Waals surface area contributed by atoms with Crippen LogP contribution in [-0.4, -0.2) is 64.2 Å². The fourth-order valence-electron chi connectivity index (χ4n) is 4.81. The molecule has 2 aliphatic rings. The number of rotatable bonds is 6. The molecule has 0 bridgehead atoms. The van der Waals surface area contributed by atoms with Gasteiger partial charge in [0.1, 0.15) is 4.75 Å². The van der Waals surface area contributed by atoms with Gasteiger partial charge in [0.25, 0.3) is 0 Å². The Hall–Kier alpha value is -2.02. The van der Waals surface area contributed by atoms with Crippen LogP contribution in [0.5, 0.6) is 0 Å². The monoisotopic (exact) mass is 440 g/mol. The van der Waals surface area contributed by atoms with Gasteiger partial charge in [-0.05, 0) is 62.9 Å². The van der Waals surface area contributed by atoms with Gasteiger partial charge in [-0.1, -0.05) is 36.4 Å². The summed E-state index contributed by atoms with van der Waals surface area (Å²) in [4.78, 5) is 18.3. The van der Waals surface area contributed by atoms with Crippen LogP contribution in [0.1, 0.15) is 31.7 Å². The number of fused-ring (bicyclic) bond motifs is 1. The third kappa shape index (κ3) is 4.61. The van der Waals surface area contributed by atoms with Gasteiger partial charge in [-0.2, -0.15) is 0 Å². The maximum absolute atomic E-state index is 12.5. The summed E-state index contributed by atoms with van der Waals surface area (Å²) in [7, 11) is 0. The van der Waals surface area contributed by atoms with Gasteiger partial charge in [0.2, 0.25) is 0 Å². The summed E-state index contributed by atoms with van der Waals surface area (Å²) >= 11 is 1.35. The summed E-state index contributed by atoms with van der Waals surface area (Å²) in [6.07, 6.45) is 2.36. The third-order valence-electron chi connectivity index (χ3n) is 6.85. The fraction of sp³-hybridized carbons (Fsp3) is 0.480. The number of carboxylic acid groups (broad SMARTS) is 1. The number of piperazine rings is 1. The van der Waals surface area contributed by atoms with Crippen LogP contribution in [-0.2, 0) is 11.2 Å². The van der Waals surface area contributed by atoms with E-state index in [1.165, 1.54) is 17.4 Å². The minimum absolute atomic E-state index is 0.452. The quantitative estimate of drug-likeness (QED) is 0.710.